The van der Waals surface area contributed by atoms with Crippen LogP contribution in [0.2, 0.25) is 0 Å². The van der Waals surface area contributed by atoms with E-state index in [9.17, 15) is 8.78 Å². The summed E-state index contributed by atoms with van der Waals surface area (Å²) in [6.07, 6.45) is -0.198. The van der Waals surface area contributed by atoms with Gasteiger partial charge < -0.3 is 5.32 Å². The molecule has 2 nitrogen and oxygen atoms in total. The van der Waals surface area contributed by atoms with Crippen molar-refractivity contribution in [3.63, 3.8) is 0 Å². The van der Waals surface area contributed by atoms with Crippen molar-refractivity contribution < 1.29 is 8.78 Å². The number of hydrogen-bond acceptors (Lipinski definition) is 2. The molecule has 0 aliphatic rings. The summed E-state index contributed by atoms with van der Waals surface area (Å²) in [5.74, 6) is 0. The molecule has 0 radical (unpaired) electrons. The number of halogens is 2. The average Bonchev–Trinajstić information content (AvgIpc) is 2.11. The van der Waals surface area contributed by atoms with Crippen LogP contribution in [0.25, 0.3) is 0 Å². The number of hydrogen-bond donors (Lipinski definition) is 1. The molecule has 0 saturated heterocycles. The predicted octanol–water partition coefficient (Wildman–Crippen LogP) is 1.96. The molecule has 0 bridgehead atoms. The summed E-state index contributed by atoms with van der Waals surface area (Å²) in [6, 6.07) is 0.216. The van der Waals surface area contributed by atoms with E-state index >= 15 is 0 Å². The molecule has 0 rings (SSSR count). The molecular weight excluding hydrogens is 186 g/mol. The van der Waals surface area contributed by atoms with Crippen LogP contribution >= 0.6 is 0 Å². The van der Waals surface area contributed by atoms with Crippen LogP contribution in [0.15, 0.2) is 0 Å². The van der Waals surface area contributed by atoms with Gasteiger partial charge in [-0.25, -0.2) is 8.78 Å². The Morgan fingerprint density at radius 3 is 2.43 bits per heavy atom. The minimum atomic E-state index is -2.23. The maximum absolute atomic E-state index is 12.0. The second-order valence-electron chi connectivity index (χ2n) is 3.72. The van der Waals surface area contributed by atoms with Gasteiger partial charge in [0.2, 0.25) is 0 Å². The van der Waals surface area contributed by atoms with Crippen LogP contribution in [0.1, 0.15) is 26.7 Å². The Hall–Kier alpha value is -0.220. The zero-order chi connectivity index (χ0) is 11.0. The maximum atomic E-state index is 12.0. The van der Waals surface area contributed by atoms with Gasteiger partial charge in [-0.15, -0.1) is 0 Å². The highest BCUT2D eigenvalue weighted by Crippen LogP contribution is 2.03. The molecule has 0 spiro atoms. The lowest BCUT2D eigenvalue weighted by Crippen LogP contribution is -2.35. The standard InChI is InChI=1S/C10H22F2N2/c1-4-6-13-7-5-9(2)14(3)8-10(11)12/h9-10,13H,4-8H2,1-3H3. The summed E-state index contributed by atoms with van der Waals surface area (Å²) in [7, 11) is 1.75. The molecule has 0 aromatic carbocycles. The van der Waals surface area contributed by atoms with Crippen LogP contribution in [0.3, 0.4) is 0 Å². The van der Waals surface area contributed by atoms with Crippen molar-refractivity contribution in [1.29, 1.82) is 0 Å². The highest BCUT2D eigenvalue weighted by atomic mass is 19.3. The van der Waals surface area contributed by atoms with Crippen LogP contribution in [0.5, 0.6) is 0 Å². The molecule has 0 aliphatic heterocycles. The third-order valence-electron chi connectivity index (χ3n) is 2.34. The molecule has 86 valence electrons. The van der Waals surface area contributed by atoms with E-state index in [-0.39, 0.29) is 12.6 Å². The van der Waals surface area contributed by atoms with Gasteiger partial charge in [-0.05, 0) is 39.9 Å². The molecule has 4 heteroatoms. The molecule has 1 unspecified atom stereocenters. The molecule has 0 fully saturated rings. The molecular formula is C10H22F2N2. The molecule has 1 atom stereocenters. The lowest BCUT2D eigenvalue weighted by Gasteiger charge is -2.24. The summed E-state index contributed by atoms with van der Waals surface area (Å²) in [6.45, 7) is 5.87. The minimum absolute atomic E-state index is 0.130. The van der Waals surface area contributed by atoms with Gasteiger partial charge in [-0.3, -0.25) is 4.90 Å². The van der Waals surface area contributed by atoms with E-state index in [2.05, 4.69) is 12.2 Å². The van der Waals surface area contributed by atoms with Gasteiger partial charge >= 0.3 is 0 Å². The fraction of sp³-hybridized carbons (Fsp3) is 1.00. The molecule has 0 aromatic heterocycles. The van der Waals surface area contributed by atoms with E-state index in [1.54, 1.807) is 11.9 Å². The predicted molar refractivity (Wildman–Crippen MR) is 55.9 cm³/mol. The molecule has 1 N–H and O–H groups in total. The van der Waals surface area contributed by atoms with Crippen molar-refractivity contribution in [2.24, 2.45) is 0 Å². The normalized spacial score (nSPS) is 13.9. The highest BCUT2D eigenvalue weighted by molar-refractivity contribution is 4.65. The van der Waals surface area contributed by atoms with Gasteiger partial charge in [-0.1, -0.05) is 6.92 Å². The van der Waals surface area contributed by atoms with E-state index < -0.39 is 6.43 Å². The molecule has 0 amide bonds. The fourth-order valence-electron chi connectivity index (χ4n) is 1.23. The first kappa shape index (κ1) is 13.8. The van der Waals surface area contributed by atoms with Crippen molar-refractivity contribution in [2.45, 2.75) is 39.2 Å². The van der Waals surface area contributed by atoms with E-state index in [0.717, 1.165) is 25.9 Å². The molecule has 0 aliphatic carbocycles. The maximum Gasteiger partial charge on any atom is 0.251 e. The van der Waals surface area contributed by atoms with Gasteiger partial charge in [0.15, 0.2) is 0 Å². The van der Waals surface area contributed by atoms with Crippen molar-refractivity contribution in [2.75, 3.05) is 26.7 Å². The summed E-state index contributed by atoms with van der Waals surface area (Å²) in [5, 5.41) is 3.26. The second-order valence-corrected chi connectivity index (χ2v) is 3.72. The Bertz CT molecular complexity index is 131. The first-order valence-corrected chi connectivity index (χ1v) is 5.27. The number of rotatable bonds is 8. The number of alkyl halides is 2. The zero-order valence-electron chi connectivity index (χ0n) is 9.39. The summed E-state index contributed by atoms with van der Waals surface area (Å²) in [5.41, 5.74) is 0. The van der Waals surface area contributed by atoms with Crippen LogP contribution in [0, 0.1) is 0 Å². The van der Waals surface area contributed by atoms with Crippen molar-refractivity contribution in [3.05, 3.63) is 0 Å². The first-order valence-electron chi connectivity index (χ1n) is 5.27. The average molecular weight is 208 g/mol. The van der Waals surface area contributed by atoms with Gasteiger partial charge in [0.1, 0.15) is 0 Å². The topological polar surface area (TPSA) is 15.3 Å². The van der Waals surface area contributed by atoms with Crippen LogP contribution in [-0.2, 0) is 0 Å². The highest BCUT2D eigenvalue weighted by Gasteiger charge is 2.13. The Balaban J connectivity index is 3.46. The van der Waals surface area contributed by atoms with Gasteiger partial charge in [0.05, 0.1) is 6.54 Å². The molecule has 0 saturated carbocycles. The van der Waals surface area contributed by atoms with Crippen LogP contribution in [0.4, 0.5) is 8.78 Å². The van der Waals surface area contributed by atoms with E-state index in [1.807, 2.05) is 6.92 Å². The van der Waals surface area contributed by atoms with Crippen molar-refractivity contribution in [1.82, 2.24) is 10.2 Å². The third kappa shape index (κ3) is 7.21. The number of nitrogens with one attached hydrogen (secondary N) is 1. The Labute approximate surface area is 85.7 Å². The monoisotopic (exact) mass is 208 g/mol. The Morgan fingerprint density at radius 2 is 1.93 bits per heavy atom. The smallest absolute Gasteiger partial charge is 0.251 e. The fourth-order valence-corrected chi connectivity index (χ4v) is 1.23. The number of nitrogens with zero attached hydrogens (tertiary/aromatic N) is 1. The van der Waals surface area contributed by atoms with Crippen molar-refractivity contribution >= 4 is 0 Å². The van der Waals surface area contributed by atoms with E-state index in [4.69, 9.17) is 0 Å². The lowest BCUT2D eigenvalue weighted by atomic mass is 10.2. The largest absolute Gasteiger partial charge is 0.317 e. The minimum Gasteiger partial charge on any atom is -0.317 e. The Kier molecular flexibility index (Phi) is 7.99. The summed E-state index contributed by atoms with van der Waals surface area (Å²) < 4.78 is 24.1. The van der Waals surface area contributed by atoms with Crippen LogP contribution < -0.4 is 5.32 Å². The quantitative estimate of drug-likeness (QED) is 0.613. The SMILES string of the molecule is CCCNCCC(C)N(C)CC(F)F. The lowest BCUT2D eigenvalue weighted by molar-refractivity contribution is 0.0824. The first-order chi connectivity index (χ1) is 6.57. The molecule has 0 aromatic rings. The van der Waals surface area contributed by atoms with Crippen LogP contribution in [-0.4, -0.2) is 44.0 Å². The Morgan fingerprint density at radius 1 is 1.29 bits per heavy atom. The summed E-state index contributed by atoms with van der Waals surface area (Å²) in [4.78, 5) is 1.71. The molecule has 0 heterocycles. The summed E-state index contributed by atoms with van der Waals surface area (Å²) >= 11 is 0. The van der Waals surface area contributed by atoms with Crippen molar-refractivity contribution in [3.8, 4) is 0 Å². The third-order valence-corrected chi connectivity index (χ3v) is 2.34. The van der Waals surface area contributed by atoms with Gasteiger partial charge in [0, 0.05) is 6.04 Å². The van der Waals surface area contributed by atoms with E-state index in [1.165, 1.54) is 0 Å². The van der Waals surface area contributed by atoms with Gasteiger partial charge in [-0.2, -0.15) is 0 Å². The second kappa shape index (κ2) is 8.12. The van der Waals surface area contributed by atoms with E-state index in [0.29, 0.717) is 0 Å². The van der Waals surface area contributed by atoms with Gasteiger partial charge in [0.25, 0.3) is 6.43 Å². The molecule has 14 heavy (non-hydrogen) atoms. The zero-order valence-corrected chi connectivity index (χ0v) is 9.39.